The van der Waals surface area contributed by atoms with Crippen LogP contribution in [0.5, 0.6) is 0 Å². The largest absolute Gasteiger partial charge is 0.376 e. The summed E-state index contributed by atoms with van der Waals surface area (Å²) in [6.45, 7) is 6.42. The summed E-state index contributed by atoms with van der Waals surface area (Å²) in [4.78, 5) is 7.11. The van der Waals surface area contributed by atoms with Crippen molar-refractivity contribution < 1.29 is 0 Å². The lowest BCUT2D eigenvalue weighted by Crippen LogP contribution is -2.05. The Labute approximate surface area is 121 Å². The van der Waals surface area contributed by atoms with Crippen LogP contribution >= 0.6 is 27.3 Å². The second kappa shape index (κ2) is 5.85. The zero-order valence-electron chi connectivity index (χ0n) is 10.8. The van der Waals surface area contributed by atoms with Crippen molar-refractivity contribution in [3.8, 4) is 0 Å². The summed E-state index contributed by atoms with van der Waals surface area (Å²) >= 11 is 5.29. The predicted molar refractivity (Wildman–Crippen MR) is 82.4 cm³/mol. The van der Waals surface area contributed by atoms with Gasteiger partial charge in [0.2, 0.25) is 0 Å². The summed E-state index contributed by atoms with van der Waals surface area (Å²) in [7, 11) is 0. The van der Waals surface area contributed by atoms with Gasteiger partial charge in [0.05, 0.1) is 17.9 Å². The van der Waals surface area contributed by atoms with E-state index in [2.05, 4.69) is 58.3 Å². The fraction of sp³-hybridized carbons (Fsp3) is 0.357. The first-order chi connectivity index (χ1) is 8.60. The zero-order valence-corrected chi connectivity index (χ0v) is 13.2. The molecule has 0 fully saturated rings. The Bertz CT molecular complexity index is 536. The summed E-state index contributed by atoms with van der Waals surface area (Å²) < 4.78 is 0.907. The van der Waals surface area contributed by atoms with Gasteiger partial charge in [0.1, 0.15) is 4.60 Å². The molecule has 2 rings (SSSR count). The molecule has 2 aromatic rings. The van der Waals surface area contributed by atoms with Crippen LogP contribution in [0.25, 0.3) is 0 Å². The molecule has 18 heavy (non-hydrogen) atoms. The third-order valence-electron chi connectivity index (χ3n) is 2.86. The highest BCUT2D eigenvalue weighted by Crippen LogP contribution is 2.27. The van der Waals surface area contributed by atoms with Crippen LogP contribution in [0.4, 0.5) is 5.69 Å². The molecule has 1 unspecified atom stereocenters. The molecule has 1 N–H and O–H groups in total. The summed E-state index contributed by atoms with van der Waals surface area (Å²) in [6, 6.07) is 6.85. The zero-order chi connectivity index (χ0) is 13.1. The summed E-state index contributed by atoms with van der Waals surface area (Å²) in [6.07, 6.45) is 2.97. The number of rotatable bonds is 4. The Morgan fingerprint density at radius 1 is 1.44 bits per heavy atom. The molecule has 2 heterocycles. The van der Waals surface area contributed by atoms with E-state index in [0.717, 1.165) is 22.3 Å². The molecule has 1 atom stereocenters. The molecule has 0 aromatic carbocycles. The molecule has 0 spiro atoms. The highest BCUT2D eigenvalue weighted by Gasteiger charge is 2.09. The Morgan fingerprint density at radius 2 is 2.22 bits per heavy atom. The Kier molecular flexibility index (Phi) is 4.40. The first-order valence-corrected chi connectivity index (χ1v) is 7.68. The third kappa shape index (κ3) is 3.12. The Balaban J connectivity index is 2.10. The van der Waals surface area contributed by atoms with Crippen LogP contribution in [-0.4, -0.2) is 4.98 Å². The quantitative estimate of drug-likeness (QED) is 0.805. The molecule has 0 bridgehead atoms. The van der Waals surface area contributed by atoms with E-state index in [0.29, 0.717) is 6.04 Å². The number of hydrogen-bond donors (Lipinski definition) is 1. The van der Waals surface area contributed by atoms with E-state index in [-0.39, 0.29) is 0 Å². The summed E-state index contributed by atoms with van der Waals surface area (Å²) in [5, 5.41) is 3.49. The maximum absolute atomic E-state index is 4.30. The molecule has 0 saturated heterocycles. The van der Waals surface area contributed by atoms with Gasteiger partial charge in [0.15, 0.2) is 0 Å². The van der Waals surface area contributed by atoms with Gasteiger partial charge in [0, 0.05) is 9.75 Å². The maximum atomic E-state index is 4.30. The van der Waals surface area contributed by atoms with Crippen molar-refractivity contribution in [2.24, 2.45) is 0 Å². The van der Waals surface area contributed by atoms with Gasteiger partial charge in [-0.25, -0.2) is 4.98 Å². The molecule has 96 valence electrons. The fourth-order valence-corrected chi connectivity index (χ4v) is 2.95. The minimum Gasteiger partial charge on any atom is -0.376 e. The molecular formula is C14H17BrN2S. The molecule has 0 aliphatic heterocycles. The smallest absolute Gasteiger partial charge is 0.109 e. The number of aryl methyl sites for hydroxylation is 2. The van der Waals surface area contributed by atoms with Crippen LogP contribution in [-0.2, 0) is 6.42 Å². The van der Waals surface area contributed by atoms with E-state index in [9.17, 15) is 0 Å². The number of nitrogens with one attached hydrogen (secondary N) is 1. The van der Waals surface area contributed by atoms with Crippen LogP contribution < -0.4 is 5.32 Å². The lowest BCUT2D eigenvalue weighted by atomic mass is 10.2. The highest BCUT2D eigenvalue weighted by molar-refractivity contribution is 9.10. The second-order valence-electron chi connectivity index (χ2n) is 4.36. The minimum atomic E-state index is 0.317. The first kappa shape index (κ1) is 13.6. The average Bonchev–Trinajstić information content (AvgIpc) is 2.82. The normalized spacial score (nSPS) is 12.4. The second-order valence-corrected chi connectivity index (χ2v) is 6.31. The van der Waals surface area contributed by atoms with Crippen LogP contribution in [0, 0.1) is 6.92 Å². The number of pyridine rings is 1. The van der Waals surface area contributed by atoms with Gasteiger partial charge in [0.25, 0.3) is 0 Å². The predicted octanol–water partition coefficient (Wildman–Crippen LogP) is 4.95. The molecule has 4 heteroatoms. The van der Waals surface area contributed by atoms with Crippen molar-refractivity contribution in [3.05, 3.63) is 44.3 Å². The maximum Gasteiger partial charge on any atom is 0.109 e. The van der Waals surface area contributed by atoms with Crippen LogP contribution in [0.15, 0.2) is 29.0 Å². The molecule has 0 aliphatic rings. The molecule has 0 saturated carbocycles. The minimum absolute atomic E-state index is 0.317. The number of aromatic nitrogens is 1. The number of hydrogen-bond acceptors (Lipinski definition) is 3. The fourth-order valence-electron chi connectivity index (χ4n) is 1.78. The van der Waals surface area contributed by atoms with Crippen molar-refractivity contribution in [2.75, 3.05) is 5.32 Å². The summed E-state index contributed by atoms with van der Waals surface area (Å²) in [5.74, 6) is 0. The van der Waals surface area contributed by atoms with E-state index in [1.54, 1.807) is 0 Å². The third-order valence-corrected chi connectivity index (χ3v) is 5.10. The van der Waals surface area contributed by atoms with E-state index in [1.165, 1.54) is 9.75 Å². The van der Waals surface area contributed by atoms with E-state index < -0.39 is 0 Å². The number of anilines is 1. The highest BCUT2D eigenvalue weighted by atomic mass is 79.9. The molecule has 2 aromatic heterocycles. The van der Waals surface area contributed by atoms with Gasteiger partial charge in [-0.2, -0.15) is 0 Å². The average molecular weight is 325 g/mol. The number of thiophene rings is 1. The van der Waals surface area contributed by atoms with Gasteiger partial charge in [-0.1, -0.05) is 6.92 Å². The monoisotopic (exact) mass is 324 g/mol. The Hall–Kier alpha value is -0.870. The standard InChI is InChI=1S/C14H17BrN2S/c1-4-12-5-6-13(18-12)10(3)17-11-7-9(2)14(15)16-8-11/h5-8,10,17H,4H2,1-3H3. The molecule has 2 nitrogen and oxygen atoms in total. The van der Waals surface area contributed by atoms with Gasteiger partial charge >= 0.3 is 0 Å². The molecule has 0 radical (unpaired) electrons. The van der Waals surface area contributed by atoms with E-state index >= 15 is 0 Å². The number of halogens is 1. The van der Waals surface area contributed by atoms with Gasteiger partial charge in [-0.3, -0.25) is 0 Å². The lowest BCUT2D eigenvalue weighted by molar-refractivity contribution is 0.904. The van der Waals surface area contributed by atoms with Crippen molar-refractivity contribution in [2.45, 2.75) is 33.2 Å². The number of nitrogens with zero attached hydrogens (tertiary/aromatic N) is 1. The first-order valence-electron chi connectivity index (χ1n) is 6.07. The topological polar surface area (TPSA) is 24.9 Å². The molecule has 0 amide bonds. The van der Waals surface area contributed by atoms with Gasteiger partial charge in [-0.05, 0) is 60.0 Å². The molecule has 0 aliphatic carbocycles. The SMILES string of the molecule is CCc1ccc(C(C)Nc2cnc(Br)c(C)c2)s1. The van der Waals surface area contributed by atoms with Crippen LogP contribution in [0.3, 0.4) is 0 Å². The van der Waals surface area contributed by atoms with E-state index in [4.69, 9.17) is 0 Å². The Morgan fingerprint density at radius 3 is 2.83 bits per heavy atom. The van der Waals surface area contributed by atoms with Crippen molar-refractivity contribution in [1.29, 1.82) is 0 Å². The van der Waals surface area contributed by atoms with Crippen molar-refractivity contribution >= 4 is 33.0 Å². The van der Waals surface area contributed by atoms with Gasteiger partial charge < -0.3 is 5.32 Å². The summed E-state index contributed by atoms with van der Waals surface area (Å²) in [5.41, 5.74) is 2.21. The van der Waals surface area contributed by atoms with Crippen molar-refractivity contribution in [3.63, 3.8) is 0 Å². The van der Waals surface area contributed by atoms with E-state index in [1.807, 2.05) is 24.5 Å². The lowest BCUT2D eigenvalue weighted by Gasteiger charge is -2.14. The van der Waals surface area contributed by atoms with Crippen LogP contribution in [0.1, 0.15) is 35.2 Å². The van der Waals surface area contributed by atoms with Gasteiger partial charge in [-0.15, -0.1) is 11.3 Å². The van der Waals surface area contributed by atoms with Crippen molar-refractivity contribution in [1.82, 2.24) is 4.98 Å². The van der Waals surface area contributed by atoms with Crippen LogP contribution in [0.2, 0.25) is 0 Å². The molecular weight excluding hydrogens is 308 g/mol.